The fourth-order valence-corrected chi connectivity index (χ4v) is 24.5. The summed E-state index contributed by atoms with van der Waals surface area (Å²) in [4.78, 5) is -3.06. The molecule has 106 heavy (non-hydrogen) atoms. The zero-order chi connectivity index (χ0) is 78.5. The maximum atomic E-state index is 16.0. The average Bonchev–Trinajstić information content (AvgIpc) is 0.700. The number of hydrogen-bond donors (Lipinski definition) is 0. The topological polar surface area (TPSA) is 307 Å². The van der Waals surface area contributed by atoms with Gasteiger partial charge in [-0.1, -0.05) is 97.1 Å². The smallest absolute Gasteiger partial charge is 0.182 e. The fraction of sp³-hybridized carbons (Fsp3) is 0.256. The van der Waals surface area contributed by atoms with E-state index in [1.165, 1.54) is 146 Å². The third-order valence-electron chi connectivity index (χ3n) is 17.1. The van der Waals surface area contributed by atoms with Crippen molar-refractivity contribution in [2.45, 2.75) is 141 Å². The minimum atomic E-state index is -5.02. The number of aryl methyl sites for hydroxylation is 8. The van der Waals surface area contributed by atoms with Crippen LogP contribution in [-0.2, 0) is 146 Å². The molecule has 10 aromatic rings. The van der Waals surface area contributed by atoms with Gasteiger partial charge in [-0.2, -0.15) is 0 Å². The van der Waals surface area contributed by atoms with Crippen LogP contribution in [0.2, 0.25) is 0 Å². The monoisotopic (exact) mass is 1630 g/mol. The van der Waals surface area contributed by atoms with Crippen molar-refractivity contribution in [1.29, 1.82) is 0 Å². The van der Waals surface area contributed by atoms with Crippen molar-refractivity contribution >= 4 is 111 Å². The Balaban J connectivity index is 0.00000169. The summed E-state index contributed by atoms with van der Waals surface area (Å²) < 4.78 is 274. The van der Waals surface area contributed by atoms with Gasteiger partial charge in [-0.25, -0.2) is 67.3 Å². The molecule has 10 rings (SSSR count). The van der Waals surface area contributed by atoms with Crippen molar-refractivity contribution in [2.24, 2.45) is 0 Å². The molecule has 0 saturated heterocycles. The van der Waals surface area contributed by atoms with Gasteiger partial charge < -0.3 is 0 Å². The molecule has 0 aliphatic rings. The number of sulfone groups is 8. The molecule has 0 heterocycles. The van der Waals surface area contributed by atoms with E-state index in [4.69, 9.17) is 0 Å². The second-order valence-electron chi connectivity index (χ2n) is 26.7. The second-order valence-corrected chi connectivity index (χ2v) is 45.5. The Bertz CT molecular complexity index is 5370. The van der Waals surface area contributed by atoms with E-state index in [0.29, 0.717) is 44.5 Å². The molecule has 10 aromatic carbocycles. The van der Waals surface area contributed by atoms with Gasteiger partial charge in [0.1, 0.15) is 0 Å². The fourth-order valence-electron chi connectivity index (χ4n) is 12.3. The molecular formula is C78H84O18S10. The maximum Gasteiger partial charge on any atom is 0.182 e. The van der Waals surface area contributed by atoms with Gasteiger partial charge in [-0.05, 0) is 252 Å². The van der Waals surface area contributed by atoms with Crippen LogP contribution in [0.15, 0.2) is 233 Å². The minimum Gasteiger partial charge on any atom is -0.260 e. The van der Waals surface area contributed by atoms with Crippen LogP contribution < -0.4 is 0 Å². The highest BCUT2D eigenvalue weighted by Crippen LogP contribution is 2.48. The number of benzene rings is 10. The molecule has 0 amide bonds. The quantitative estimate of drug-likeness (QED) is 0.0542. The molecule has 0 fully saturated rings. The molecule has 0 spiro atoms. The molecule has 0 saturated carbocycles. The average molecular weight is 1630 g/mol. The van der Waals surface area contributed by atoms with Crippen LogP contribution in [0.25, 0.3) is 10.8 Å². The highest BCUT2D eigenvalue weighted by molar-refractivity contribution is 7.93. The zero-order valence-corrected chi connectivity index (χ0v) is 68.7. The molecule has 0 aliphatic carbocycles. The predicted octanol–water partition coefficient (Wildman–Crippen LogP) is 13.1. The largest absolute Gasteiger partial charge is 0.260 e. The summed E-state index contributed by atoms with van der Waals surface area (Å²) in [7, 11) is -41.2. The van der Waals surface area contributed by atoms with Gasteiger partial charge >= 0.3 is 0 Å². The van der Waals surface area contributed by atoms with E-state index in [9.17, 15) is 8.42 Å². The van der Waals surface area contributed by atoms with E-state index >= 15 is 67.3 Å². The maximum absolute atomic E-state index is 16.0. The Morgan fingerprint density at radius 3 is 0.406 bits per heavy atom. The van der Waals surface area contributed by atoms with Crippen molar-refractivity contribution in [3.63, 3.8) is 0 Å². The summed E-state index contributed by atoms with van der Waals surface area (Å²) in [5, 5.41) is -1.36. The van der Waals surface area contributed by atoms with Gasteiger partial charge in [0.2, 0.25) is 0 Å². The molecule has 18 nitrogen and oxygen atoms in total. The number of fused-ring (bicyclic) bond motifs is 1. The van der Waals surface area contributed by atoms with Gasteiger partial charge in [0.05, 0.1) is 85.2 Å². The SMILES string of the molecule is CS(C)=O.CS(C)=O.Cc1cccc(S(=O)(=O)Cc2c(CS(=O)(=O)c3cccc(C)c3)c(CS(=O)(=O)c3cccc(C)c3)c3c(CS(=O)(=O)c4cccc(C)c4)c(CS(=O)(=O)c4cccc(C)c4)c(CS(=O)(=O)c4cccc(C)c4)c(CS(=O)(=O)c4cccc(C)c4)c3c2CS(=O)(=O)c2cccc(C)c2)c1. The van der Waals surface area contributed by atoms with E-state index in [2.05, 4.69) is 0 Å². The molecule has 0 aliphatic heterocycles. The summed E-state index contributed by atoms with van der Waals surface area (Å²) in [6.45, 7) is 12.8. The van der Waals surface area contributed by atoms with E-state index < -0.39 is 221 Å². The van der Waals surface area contributed by atoms with E-state index in [1.807, 2.05) is 0 Å². The Morgan fingerprint density at radius 2 is 0.302 bits per heavy atom. The molecule has 0 radical (unpaired) electrons. The summed E-state index contributed by atoms with van der Waals surface area (Å²) in [6.07, 6.45) is 6.56. The van der Waals surface area contributed by atoms with Crippen LogP contribution in [0.5, 0.6) is 0 Å². The second kappa shape index (κ2) is 33.5. The normalized spacial score (nSPS) is 12.5. The highest BCUT2D eigenvalue weighted by atomic mass is 32.2. The first-order valence-corrected chi connectivity index (χ1v) is 49.9. The first-order chi connectivity index (χ1) is 49.2. The lowest BCUT2D eigenvalue weighted by atomic mass is 9.83. The van der Waals surface area contributed by atoms with Crippen LogP contribution in [-0.4, -0.2) is 101 Å². The first-order valence-electron chi connectivity index (χ1n) is 32.7. The number of rotatable bonds is 24. The third kappa shape index (κ3) is 21.0. The zero-order valence-electron chi connectivity index (χ0n) is 60.6. The van der Waals surface area contributed by atoms with E-state index in [-0.39, 0.29) is 19.6 Å². The third-order valence-corrected chi connectivity index (χ3v) is 30.2. The van der Waals surface area contributed by atoms with Crippen LogP contribution >= 0.6 is 0 Å². The van der Waals surface area contributed by atoms with E-state index in [1.54, 1.807) is 129 Å². The van der Waals surface area contributed by atoms with Crippen molar-refractivity contribution in [2.75, 3.05) is 25.0 Å². The lowest BCUT2D eigenvalue weighted by molar-refractivity contribution is 0.588. The highest BCUT2D eigenvalue weighted by Gasteiger charge is 2.40. The molecule has 28 heteroatoms. The van der Waals surface area contributed by atoms with E-state index in [0.717, 1.165) is 0 Å². The Morgan fingerprint density at radius 1 is 0.198 bits per heavy atom. The summed E-state index contributed by atoms with van der Waals surface area (Å²) >= 11 is 0. The Kier molecular flexibility index (Phi) is 26.5. The van der Waals surface area contributed by atoms with Crippen LogP contribution in [0.3, 0.4) is 0 Å². The summed E-state index contributed by atoms with van der Waals surface area (Å²) in [5.41, 5.74) is -2.07. The number of hydrogen-bond acceptors (Lipinski definition) is 18. The molecule has 0 bridgehead atoms. The molecule has 0 aromatic heterocycles. The summed E-state index contributed by atoms with van der Waals surface area (Å²) in [5.74, 6) is -11.0. The van der Waals surface area contributed by atoms with Crippen molar-refractivity contribution < 1.29 is 75.8 Å². The molecule has 0 atom stereocenters. The molecule has 0 N–H and O–H groups in total. The molecule has 0 unspecified atom stereocenters. The standard InChI is InChI=1S/C74H72O16S8.2C2H6OS/c1-49-17-9-25-57(33-49)91(75,76)41-65-66(42-92(77,78)58-26-10-18-50(2)34-58)70(46-96(85,86)62-30-14-22-54(6)38-62)74-72(48-98(89,90)64-32-16-24-56(8)40-64)68(44-94(81,82)60-28-12-20-52(4)36-60)67(43-93(79,80)59-27-11-19-51(3)35-59)71(47-97(87,88)63-31-15-23-55(7)39-63)73(74)69(65)45-95(83,84)61-29-13-21-53(5)37-61;2*1-4(2)3/h9-40H,41-48H2,1-8H3;2*1-2H3. The Hall–Kier alpha value is -7.64. The minimum absolute atomic E-state index is 0.375. The van der Waals surface area contributed by atoms with Crippen molar-refractivity contribution in [1.82, 2.24) is 0 Å². The predicted molar refractivity (Wildman–Crippen MR) is 420 cm³/mol. The van der Waals surface area contributed by atoms with Crippen molar-refractivity contribution in [3.8, 4) is 0 Å². The Labute approximate surface area is 630 Å². The first kappa shape index (κ1) is 84.0. The van der Waals surface area contributed by atoms with Gasteiger partial charge in [0, 0.05) is 46.6 Å². The van der Waals surface area contributed by atoms with Gasteiger partial charge in [-0.3, -0.25) is 8.42 Å². The molecular weight excluding hydrogens is 1550 g/mol. The molecule has 564 valence electrons. The van der Waals surface area contributed by atoms with Gasteiger partial charge in [0.15, 0.2) is 78.7 Å². The van der Waals surface area contributed by atoms with Gasteiger partial charge in [-0.15, -0.1) is 0 Å². The lowest BCUT2D eigenvalue weighted by Crippen LogP contribution is -2.24. The van der Waals surface area contributed by atoms with Gasteiger partial charge in [0.25, 0.3) is 0 Å². The van der Waals surface area contributed by atoms with Crippen LogP contribution in [0, 0.1) is 55.4 Å². The van der Waals surface area contributed by atoms with Crippen molar-refractivity contribution in [3.05, 3.63) is 283 Å². The van der Waals surface area contributed by atoms with Crippen LogP contribution in [0.1, 0.15) is 89.0 Å². The lowest BCUT2D eigenvalue weighted by Gasteiger charge is -2.30. The van der Waals surface area contributed by atoms with Crippen LogP contribution in [0.4, 0.5) is 0 Å². The summed E-state index contributed by atoms with van der Waals surface area (Å²) in [6, 6.07) is 44.4.